The molecule has 0 bridgehead atoms. The Morgan fingerprint density at radius 2 is 2.00 bits per heavy atom. The second-order valence-electron chi connectivity index (χ2n) is 2.91. The highest BCUT2D eigenvalue weighted by atomic mass is 79.9. The lowest BCUT2D eigenvalue weighted by Crippen LogP contribution is -2.28. The van der Waals surface area contributed by atoms with Crippen molar-refractivity contribution in [2.24, 2.45) is 5.73 Å². The van der Waals surface area contributed by atoms with Gasteiger partial charge in [0.25, 0.3) is 0 Å². The molecule has 1 atom stereocenters. The van der Waals surface area contributed by atoms with Gasteiger partial charge < -0.3 is 10.5 Å². The van der Waals surface area contributed by atoms with E-state index < -0.39 is 12.2 Å². The van der Waals surface area contributed by atoms with E-state index in [1.807, 2.05) is 0 Å². The van der Waals surface area contributed by atoms with Crippen molar-refractivity contribution in [3.63, 3.8) is 0 Å². The van der Waals surface area contributed by atoms with Crippen molar-refractivity contribution in [2.45, 2.75) is 12.2 Å². The average molecular weight is 284 g/mol. The van der Waals surface area contributed by atoms with Gasteiger partial charge in [-0.3, -0.25) is 0 Å². The van der Waals surface area contributed by atoms with Crippen LogP contribution in [0.1, 0.15) is 11.6 Å². The summed E-state index contributed by atoms with van der Waals surface area (Å²) in [5, 5.41) is 0. The van der Waals surface area contributed by atoms with Gasteiger partial charge in [-0.2, -0.15) is 13.2 Å². The molecule has 0 aliphatic carbocycles. The maximum Gasteiger partial charge on any atom is 0.407 e. The molecular formula is C9H9BrF3NO. The number of ether oxygens (including phenoxy) is 1. The third-order valence-electron chi connectivity index (χ3n) is 1.89. The third-order valence-corrected chi connectivity index (χ3v) is 2.51. The summed E-state index contributed by atoms with van der Waals surface area (Å²) in [5.41, 5.74) is 5.04. The van der Waals surface area contributed by atoms with E-state index in [9.17, 15) is 13.2 Å². The van der Waals surface area contributed by atoms with Crippen LogP contribution in [0.4, 0.5) is 13.2 Å². The van der Waals surface area contributed by atoms with Crippen molar-refractivity contribution < 1.29 is 17.9 Å². The largest absolute Gasteiger partial charge is 0.496 e. The quantitative estimate of drug-likeness (QED) is 0.906. The van der Waals surface area contributed by atoms with Gasteiger partial charge in [0.1, 0.15) is 11.8 Å². The van der Waals surface area contributed by atoms with Crippen LogP contribution in [0.5, 0.6) is 5.75 Å². The maximum absolute atomic E-state index is 12.3. The topological polar surface area (TPSA) is 35.2 Å². The fourth-order valence-corrected chi connectivity index (χ4v) is 1.62. The molecule has 0 amide bonds. The molecule has 0 aromatic heterocycles. The fourth-order valence-electron chi connectivity index (χ4n) is 1.07. The smallest absolute Gasteiger partial charge is 0.407 e. The molecule has 6 heteroatoms. The summed E-state index contributed by atoms with van der Waals surface area (Å²) in [6.45, 7) is 0. The van der Waals surface area contributed by atoms with Crippen molar-refractivity contribution in [1.29, 1.82) is 0 Å². The minimum Gasteiger partial charge on any atom is -0.496 e. The van der Waals surface area contributed by atoms with E-state index in [4.69, 9.17) is 10.5 Å². The van der Waals surface area contributed by atoms with Crippen LogP contribution in [0.2, 0.25) is 0 Å². The maximum atomic E-state index is 12.3. The van der Waals surface area contributed by atoms with Gasteiger partial charge in [0.2, 0.25) is 0 Å². The van der Waals surface area contributed by atoms with Crippen LogP contribution in [0.25, 0.3) is 0 Å². The molecule has 1 aromatic carbocycles. The first-order chi connectivity index (χ1) is 6.86. The molecule has 1 aromatic rings. The Labute approximate surface area is 93.3 Å². The molecule has 84 valence electrons. The minimum atomic E-state index is -4.44. The zero-order valence-corrected chi connectivity index (χ0v) is 9.39. The van der Waals surface area contributed by atoms with Crippen LogP contribution in [0.15, 0.2) is 22.7 Å². The van der Waals surface area contributed by atoms with Gasteiger partial charge in [0.05, 0.1) is 11.6 Å². The Morgan fingerprint density at radius 1 is 1.40 bits per heavy atom. The lowest BCUT2D eigenvalue weighted by molar-refractivity contribution is -0.149. The summed E-state index contributed by atoms with van der Waals surface area (Å²) >= 11 is 3.09. The van der Waals surface area contributed by atoms with E-state index in [1.54, 1.807) is 0 Å². The molecule has 0 fully saturated rings. The predicted octanol–water partition coefficient (Wildman–Crippen LogP) is 3.02. The van der Waals surface area contributed by atoms with E-state index in [2.05, 4.69) is 15.9 Å². The van der Waals surface area contributed by atoms with Gasteiger partial charge in [0.15, 0.2) is 0 Å². The molecular weight excluding hydrogens is 275 g/mol. The van der Waals surface area contributed by atoms with Crippen LogP contribution in [-0.4, -0.2) is 13.3 Å². The Morgan fingerprint density at radius 3 is 2.40 bits per heavy atom. The van der Waals surface area contributed by atoms with E-state index in [0.29, 0.717) is 10.2 Å². The summed E-state index contributed by atoms with van der Waals surface area (Å²) in [6, 6.07) is 2.06. The van der Waals surface area contributed by atoms with Crippen molar-refractivity contribution in [3.8, 4) is 5.75 Å². The number of nitrogens with two attached hydrogens (primary N) is 1. The van der Waals surface area contributed by atoms with Crippen molar-refractivity contribution in [2.75, 3.05) is 7.11 Å². The number of benzene rings is 1. The van der Waals surface area contributed by atoms with Crippen molar-refractivity contribution in [3.05, 3.63) is 28.2 Å². The molecule has 1 unspecified atom stereocenters. The van der Waals surface area contributed by atoms with Crippen LogP contribution < -0.4 is 10.5 Å². The fraction of sp³-hybridized carbons (Fsp3) is 0.333. The SMILES string of the molecule is COc1ccc(C(N)C(F)(F)F)cc1Br. The van der Waals surface area contributed by atoms with Crippen molar-refractivity contribution in [1.82, 2.24) is 0 Å². The highest BCUT2D eigenvalue weighted by Gasteiger charge is 2.37. The van der Waals surface area contributed by atoms with Crippen LogP contribution in [0, 0.1) is 0 Å². The van der Waals surface area contributed by atoms with Crippen LogP contribution in [0.3, 0.4) is 0 Å². The molecule has 0 saturated heterocycles. The number of alkyl halides is 3. The predicted molar refractivity (Wildman–Crippen MR) is 53.7 cm³/mol. The van der Waals surface area contributed by atoms with Gasteiger partial charge in [-0.05, 0) is 33.6 Å². The number of rotatable bonds is 2. The summed E-state index contributed by atoms with van der Waals surface area (Å²) in [7, 11) is 1.43. The summed E-state index contributed by atoms with van der Waals surface area (Å²) in [4.78, 5) is 0. The summed E-state index contributed by atoms with van der Waals surface area (Å²) in [6.07, 6.45) is -4.44. The second kappa shape index (κ2) is 4.40. The third kappa shape index (κ3) is 2.85. The van der Waals surface area contributed by atoms with Crippen LogP contribution >= 0.6 is 15.9 Å². The number of methoxy groups -OCH3 is 1. The molecule has 0 radical (unpaired) electrons. The zero-order chi connectivity index (χ0) is 11.6. The highest BCUT2D eigenvalue weighted by Crippen LogP contribution is 2.34. The lowest BCUT2D eigenvalue weighted by Gasteiger charge is -2.16. The number of hydrogen-bond acceptors (Lipinski definition) is 2. The van der Waals surface area contributed by atoms with Gasteiger partial charge in [-0.15, -0.1) is 0 Å². The van der Waals surface area contributed by atoms with E-state index in [-0.39, 0.29) is 5.56 Å². The average Bonchev–Trinajstić information content (AvgIpc) is 2.15. The Bertz CT molecular complexity index is 354. The molecule has 0 saturated carbocycles. The van der Waals surface area contributed by atoms with E-state index in [0.717, 1.165) is 0 Å². The molecule has 2 nitrogen and oxygen atoms in total. The molecule has 0 heterocycles. The monoisotopic (exact) mass is 283 g/mol. The summed E-state index contributed by atoms with van der Waals surface area (Å²) in [5.74, 6) is 0.466. The first kappa shape index (κ1) is 12.3. The zero-order valence-electron chi connectivity index (χ0n) is 7.81. The van der Waals surface area contributed by atoms with Crippen LogP contribution in [-0.2, 0) is 0 Å². The second-order valence-corrected chi connectivity index (χ2v) is 3.77. The van der Waals surface area contributed by atoms with Gasteiger partial charge in [-0.25, -0.2) is 0 Å². The highest BCUT2D eigenvalue weighted by molar-refractivity contribution is 9.10. The molecule has 0 spiro atoms. The van der Waals surface area contributed by atoms with Gasteiger partial charge in [0, 0.05) is 0 Å². The van der Waals surface area contributed by atoms with Crippen molar-refractivity contribution >= 4 is 15.9 Å². The molecule has 1 rings (SSSR count). The molecule has 0 aliphatic rings. The number of halogens is 4. The normalized spacial score (nSPS) is 13.7. The Balaban J connectivity index is 3.02. The first-order valence-electron chi connectivity index (χ1n) is 4.02. The lowest BCUT2D eigenvalue weighted by atomic mass is 10.1. The Kier molecular flexibility index (Phi) is 3.62. The number of hydrogen-bond donors (Lipinski definition) is 1. The molecule has 2 N–H and O–H groups in total. The minimum absolute atomic E-state index is 0.00447. The molecule has 15 heavy (non-hydrogen) atoms. The molecule has 0 aliphatic heterocycles. The first-order valence-corrected chi connectivity index (χ1v) is 4.81. The van der Waals surface area contributed by atoms with Gasteiger partial charge in [-0.1, -0.05) is 6.07 Å². The van der Waals surface area contributed by atoms with E-state index >= 15 is 0 Å². The summed E-state index contributed by atoms with van der Waals surface area (Å²) < 4.78 is 42.2. The standard InChI is InChI=1S/C9H9BrF3NO/c1-15-7-3-2-5(4-6(7)10)8(14)9(11,12)13/h2-4,8H,14H2,1H3. The Hall–Kier alpha value is -0.750. The van der Waals surface area contributed by atoms with Gasteiger partial charge >= 0.3 is 6.18 Å². The van der Waals surface area contributed by atoms with E-state index in [1.165, 1.54) is 25.3 Å².